The number of hydrogen-bond donors (Lipinski definition) is 2. The molecule has 5 rings (SSSR count). The number of amides is 2. The smallest absolute Gasteiger partial charge is 0.256 e. The summed E-state index contributed by atoms with van der Waals surface area (Å²) in [6.07, 6.45) is 4.12. The molecule has 33 heavy (non-hydrogen) atoms. The lowest BCUT2D eigenvalue weighted by Gasteiger charge is -2.37. The zero-order chi connectivity index (χ0) is 22.8. The quantitative estimate of drug-likeness (QED) is 0.740. The van der Waals surface area contributed by atoms with E-state index in [1.54, 1.807) is 6.07 Å². The van der Waals surface area contributed by atoms with Crippen LogP contribution in [0.3, 0.4) is 0 Å². The Morgan fingerprint density at radius 1 is 1.06 bits per heavy atom. The molecule has 2 heterocycles. The van der Waals surface area contributed by atoms with E-state index in [4.69, 9.17) is 0 Å². The van der Waals surface area contributed by atoms with Crippen molar-refractivity contribution in [1.29, 1.82) is 5.26 Å². The Hall–Kier alpha value is -3.37. The summed E-state index contributed by atoms with van der Waals surface area (Å²) >= 11 is 0. The summed E-state index contributed by atoms with van der Waals surface area (Å²) in [6, 6.07) is 15.2. The van der Waals surface area contributed by atoms with Gasteiger partial charge in [-0.1, -0.05) is 12.1 Å². The van der Waals surface area contributed by atoms with E-state index in [1.807, 2.05) is 41.3 Å². The van der Waals surface area contributed by atoms with Gasteiger partial charge in [-0.3, -0.25) is 9.59 Å². The maximum Gasteiger partial charge on any atom is 0.256 e. The lowest BCUT2D eigenvalue weighted by Crippen LogP contribution is -2.49. The summed E-state index contributed by atoms with van der Waals surface area (Å²) in [5, 5.41) is 15.7. The molecule has 1 saturated carbocycles. The minimum absolute atomic E-state index is 0.00849. The second-order valence-electron chi connectivity index (χ2n) is 9.15. The number of benzene rings is 2. The fourth-order valence-electron chi connectivity index (χ4n) is 4.82. The fourth-order valence-corrected chi connectivity index (χ4v) is 4.82. The van der Waals surface area contributed by atoms with Gasteiger partial charge in [-0.2, -0.15) is 5.26 Å². The van der Waals surface area contributed by atoms with Crippen molar-refractivity contribution >= 4 is 23.2 Å². The number of nitrogens with one attached hydrogen (secondary N) is 2. The lowest BCUT2D eigenvalue weighted by atomic mass is 9.99. The summed E-state index contributed by atoms with van der Waals surface area (Å²) < 4.78 is 0. The monoisotopic (exact) mass is 443 g/mol. The van der Waals surface area contributed by atoms with Gasteiger partial charge in [0.1, 0.15) is 0 Å². The zero-order valence-electron chi connectivity index (χ0n) is 18.7. The van der Waals surface area contributed by atoms with E-state index in [1.165, 1.54) is 0 Å². The molecule has 2 aromatic rings. The van der Waals surface area contributed by atoms with E-state index in [-0.39, 0.29) is 23.8 Å². The van der Waals surface area contributed by atoms with Crippen molar-refractivity contribution < 1.29 is 9.59 Å². The highest BCUT2D eigenvalue weighted by Crippen LogP contribution is 2.34. The highest BCUT2D eigenvalue weighted by molar-refractivity contribution is 6.02. The van der Waals surface area contributed by atoms with E-state index < -0.39 is 0 Å². The lowest BCUT2D eigenvalue weighted by molar-refractivity contribution is -0.117. The molecule has 3 aliphatic rings. The first-order valence-electron chi connectivity index (χ1n) is 11.9. The Morgan fingerprint density at radius 3 is 2.64 bits per heavy atom. The number of anilines is 2. The van der Waals surface area contributed by atoms with Gasteiger partial charge in [0, 0.05) is 44.3 Å². The predicted molar refractivity (Wildman–Crippen MR) is 127 cm³/mol. The molecule has 7 heteroatoms. The Balaban J connectivity index is 1.46. The molecular weight excluding hydrogens is 414 g/mol. The molecule has 2 aromatic carbocycles. The molecule has 0 radical (unpaired) electrons. The van der Waals surface area contributed by atoms with E-state index in [0.29, 0.717) is 24.2 Å². The first-order valence-corrected chi connectivity index (χ1v) is 11.9. The minimum atomic E-state index is -0.139. The molecular formula is C26H29N5O2. The number of piperazine rings is 1. The van der Waals surface area contributed by atoms with Gasteiger partial charge in [-0.15, -0.1) is 0 Å². The van der Waals surface area contributed by atoms with Crippen molar-refractivity contribution in [1.82, 2.24) is 10.2 Å². The standard InChI is InChI=1S/C26H29N5O2/c27-16-18-4-3-5-20(14-18)24-17-28-10-13-31(24)26(33)22-9-8-21(29-25(32)19-6-7-19)15-23(22)30-11-1-2-12-30/h3-5,8-9,14-15,19,24,28H,1-2,6-7,10-13,17H2,(H,29,32). The number of rotatable bonds is 5. The van der Waals surface area contributed by atoms with E-state index in [2.05, 4.69) is 21.6 Å². The molecule has 1 unspecified atom stereocenters. The molecule has 2 N–H and O–H groups in total. The normalized spacial score (nSPS) is 20.4. The van der Waals surface area contributed by atoms with Crippen molar-refractivity contribution in [3.05, 3.63) is 59.2 Å². The highest BCUT2D eigenvalue weighted by Gasteiger charge is 2.32. The molecule has 0 spiro atoms. The van der Waals surface area contributed by atoms with E-state index in [0.717, 1.165) is 62.3 Å². The van der Waals surface area contributed by atoms with Gasteiger partial charge in [0.25, 0.3) is 5.91 Å². The Morgan fingerprint density at radius 2 is 1.88 bits per heavy atom. The maximum atomic E-state index is 13.9. The SMILES string of the molecule is N#Cc1cccc(C2CNCCN2C(=O)c2ccc(NC(=O)C3CC3)cc2N2CCCC2)c1. The van der Waals surface area contributed by atoms with Gasteiger partial charge in [-0.05, 0) is 61.6 Å². The number of nitrogens with zero attached hydrogens (tertiary/aromatic N) is 3. The largest absolute Gasteiger partial charge is 0.371 e. The minimum Gasteiger partial charge on any atom is -0.371 e. The van der Waals surface area contributed by atoms with E-state index in [9.17, 15) is 14.9 Å². The van der Waals surface area contributed by atoms with Gasteiger partial charge in [0.15, 0.2) is 0 Å². The molecule has 3 fully saturated rings. The average Bonchev–Trinajstić information content (AvgIpc) is 3.58. The summed E-state index contributed by atoms with van der Waals surface area (Å²) in [6.45, 7) is 3.80. The van der Waals surface area contributed by atoms with Crippen LogP contribution in [0.2, 0.25) is 0 Å². The van der Waals surface area contributed by atoms with Crippen molar-refractivity contribution in [2.45, 2.75) is 31.7 Å². The molecule has 1 aliphatic carbocycles. The van der Waals surface area contributed by atoms with Crippen LogP contribution >= 0.6 is 0 Å². The Labute approximate surface area is 194 Å². The topological polar surface area (TPSA) is 88.5 Å². The third kappa shape index (κ3) is 4.57. The molecule has 0 bridgehead atoms. The number of carbonyl (C=O) groups is 2. The first-order chi connectivity index (χ1) is 16.1. The molecule has 2 saturated heterocycles. The van der Waals surface area contributed by atoms with Crippen LogP contribution in [0.15, 0.2) is 42.5 Å². The van der Waals surface area contributed by atoms with Gasteiger partial charge < -0.3 is 20.4 Å². The number of nitriles is 1. The highest BCUT2D eigenvalue weighted by atomic mass is 16.2. The summed E-state index contributed by atoms with van der Waals surface area (Å²) in [7, 11) is 0. The third-order valence-electron chi connectivity index (χ3n) is 6.80. The van der Waals surface area contributed by atoms with Crippen LogP contribution in [-0.4, -0.2) is 49.4 Å². The number of hydrogen-bond acceptors (Lipinski definition) is 5. The van der Waals surface area contributed by atoms with Crippen LogP contribution < -0.4 is 15.5 Å². The molecule has 0 aromatic heterocycles. The van der Waals surface area contributed by atoms with Crippen molar-refractivity contribution in [2.75, 3.05) is 42.9 Å². The van der Waals surface area contributed by atoms with Crippen LogP contribution in [0.25, 0.3) is 0 Å². The van der Waals surface area contributed by atoms with Crippen molar-refractivity contribution in [3.63, 3.8) is 0 Å². The van der Waals surface area contributed by atoms with Crippen LogP contribution in [-0.2, 0) is 4.79 Å². The van der Waals surface area contributed by atoms with Gasteiger partial charge >= 0.3 is 0 Å². The molecule has 2 aliphatic heterocycles. The van der Waals surface area contributed by atoms with Crippen molar-refractivity contribution in [2.24, 2.45) is 5.92 Å². The van der Waals surface area contributed by atoms with Crippen LogP contribution in [0.1, 0.15) is 53.2 Å². The average molecular weight is 444 g/mol. The van der Waals surface area contributed by atoms with Crippen molar-refractivity contribution in [3.8, 4) is 6.07 Å². The summed E-state index contributed by atoms with van der Waals surface area (Å²) in [5.41, 5.74) is 3.88. The number of carbonyl (C=O) groups excluding carboxylic acids is 2. The van der Waals surface area contributed by atoms with Gasteiger partial charge in [-0.25, -0.2) is 0 Å². The van der Waals surface area contributed by atoms with Crippen LogP contribution in [0.4, 0.5) is 11.4 Å². The molecule has 7 nitrogen and oxygen atoms in total. The maximum absolute atomic E-state index is 13.9. The van der Waals surface area contributed by atoms with Crippen LogP contribution in [0.5, 0.6) is 0 Å². The van der Waals surface area contributed by atoms with Gasteiger partial charge in [0.2, 0.25) is 5.91 Å². The second-order valence-corrected chi connectivity index (χ2v) is 9.15. The molecule has 170 valence electrons. The fraction of sp³-hybridized carbons (Fsp3) is 0.423. The van der Waals surface area contributed by atoms with E-state index >= 15 is 0 Å². The second kappa shape index (κ2) is 9.24. The Kier molecular flexibility index (Phi) is 6.01. The first kappa shape index (κ1) is 21.5. The Bertz CT molecular complexity index is 1100. The van der Waals surface area contributed by atoms with Gasteiger partial charge in [0.05, 0.1) is 28.9 Å². The van der Waals surface area contributed by atoms with Crippen LogP contribution in [0, 0.1) is 17.2 Å². The summed E-state index contributed by atoms with van der Waals surface area (Å²) in [4.78, 5) is 30.4. The molecule has 1 atom stereocenters. The third-order valence-corrected chi connectivity index (χ3v) is 6.80. The zero-order valence-corrected chi connectivity index (χ0v) is 18.7. The summed E-state index contributed by atoms with van der Waals surface area (Å²) in [5.74, 6) is 0.194. The molecule has 2 amide bonds. The predicted octanol–water partition coefficient (Wildman–Crippen LogP) is 3.29.